The molecule has 0 rings (SSSR count). The smallest absolute Gasteiger partial charge is 0.548 e. The number of carboxylic acid groups (broad SMARTS) is 3. The third-order valence-corrected chi connectivity index (χ3v) is 4.38. The Morgan fingerprint density at radius 3 is 1.96 bits per heavy atom. The Kier molecular flexibility index (Phi) is 15.1. The molecule has 0 saturated heterocycles. The second-order valence-corrected chi connectivity index (χ2v) is 6.26. The van der Waals surface area contributed by atoms with Gasteiger partial charge in [-0.15, -0.1) is 6.58 Å². The summed E-state index contributed by atoms with van der Waals surface area (Å²) in [5, 5.41) is 41.5. The SMILES string of the molecule is C=CCCC(O)CN(CCN(C(C)C(=O)[O-])C(C)C(=O)O)C(C)C(=O)[O-].[Ca+2]. The number of allylic oxidation sites excluding steroid dienone is 1. The summed E-state index contributed by atoms with van der Waals surface area (Å²) in [6, 6.07) is -3.31. The van der Waals surface area contributed by atoms with Gasteiger partial charge in [-0.2, -0.15) is 0 Å². The predicted molar refractivity (Wildman–Crippen MR) is 95.5 cm³/mol. The third-order valence-electron chi connectivity index (χ3n) is 4.38. The molecule has 10 heteroatoms. The number of carboxylic acids is 3. The van der Waals surface area contributed by atoms with Crippen molar-refractivity contribution in [2.24, 2.45) is 0 Å². The summed E-state index contributed by atoms with van der Waals surface area (Å²) in [6.45, 7) is 7.62. The Hall–Kier alpha value is -0.710. The van der Waals surface area contributed by atoms with Gasteiger partial charge in [-0.3, -0.25) is 14.6 Å². The van der Waals surface area contributed by atoms with Gasteiger partial charge in [0.1, 0.15) is 6.04 Å². The second-order valence-electron chi connectivity index (χ2n) is 6.26. The van der Waals surface area contributed by atoms with Crippen molar-refractivity contribution in [1.29, 1.82) is 0 Å². The summed E-state index contributed by atoms with van der Waals surface area (Å²) in [7, 11) is 0. The number of aliphatic hydroxyl groups excluding tert-OH is 1. The van der Waals surface area contributed by atoms with Gasteiger partial charge in [0, 0.05) is 31.7 Å². The van der Waals surface area contributed by atoms with Gasteiger partial charge in [0.15, 0.2) is 0 Å². The summed E-state index contributed by atoms with van der Waals surface area (Å²) in [5.74, 6) is -3.97. The van der Waals surface area contributed by atoms with Gasteiger partial charge >= 0.3 is 43.7 Å². The molecular weight excluding hydrogens is 384 g/mol. The molecule has 0 aliphatic carbocycles. The predicted octanol–water partition coefficient (Wildman–Crippen LogP) is -2.71. The maximum absolute atomic E-state index is 11.2. The Morgan fingerprint density at radius 1 is 1.04 bits per heavy atom. The van der Waals surface area contributed by atoms with Crippen molar-refractivity contribution >= 4 is 55.6 Å². The van der Waals surface area contributed by atoms with Crippen molar-refractivity contribution < 1.29 is 34.8 Å². The molecule has 4 unspecified atom stereocenters. The number of aliphatic carboxylic acids is 3. The van der Waals surface area contributed by atoms with E-state index in [0.29, 0.717) is 12.8 Å². The first kappa shape index (κ1) is 28.5. The molecule has 0 aliphatic heterocycles. The number of hydrogen-bond acceptors (Lipinski definition) is 8. The van der Waals surface area contributed by atoms with E-state index < -0.39 is 42.1 Å². The normalized spacial score (nSPS) is 15.5. The summed E-state index contributed by atoms with van der Waals surface area (Å²) >= 11 is 0. The molecule has 0 fully saturated rings. The Bertz CT molecular complexity index is 484. The van der Waals surface area contributed by atoms with Crippen LogP contribution in [0.1, 0.15) is 33.6 Å². The van der Waals surface area contributed by atoms with Gasteiger partial charge in [0.2, 0.25) is 0 Å². The molecule has 27 heavy (non-hydrogen) atoms. The van der Waals surface area contributed by atoms with E-state index in [-0.39, 0.29) is 57.4 Å². The first-order valence-electron chi connectivity index (χ1n) is 8.46. The molecule has 9 nitrogen and oxygen atoms in total. The topological polar surface area (TPSA) is 144 Å². The van der Waals surface area contributed by atoms with Crippen molar-refractivity contribution in [3.63, 3.8) is 0 Å². The number of carbonyl (C=O) groups is 3. The number of hydrogen-bond donors (Lipinski definition) is 2. The molecule has 150 valence electrons. The second kappa shape index (κ2) is 14.3. The number of rotatable bonds is 14. The summed E-state index contributed by atoms with van der Waals surface area (Å²) in [5.41, 5.74) is 0. The van der Waals surface area contributed by atoms with E-state index in [9.17, 15) is 29.7 Å². The number of aliphatic hydroxyl groups is 1. The van der Waals surface area contributed by atoms with Gasteiger partial charge in [0.05, 0.1) is 18.0 Å². The van der Waals surface area contributed by atoms with Gasteiger partial charge in [-0.25, -0.2) is 0 Å². The van der Waals surface area contributed by atoms with Crippen LogP contribution in [-0.2, 0) is 14.4 Å². The zero-order chi connectivity index (χ0) is 20.4. The standard InChI is InChI=1S/C17H30N2O7.Ca/c1-5-6-7-14(20)10-18(11(2)15(21)22)8-9-19(12(3)16(23)24)13(4)17(25)26;/h5,11-14,20H,1,6-10H2,2-4H3,(H,21,22)(H,23,24)(H,25,26);/q;+2/p-2. The zero-order valence-corrected chi connectivity index (χ0v) is 18.4. The largest absolute Gasteiger partial charge is 2.00 e. The Morgan fingerprint density at radius 2 is 1.56 bits per heavy atom. The van der Waals surface area contributed by atoms with Crippen LogP contribution in [0, 0.1) is 0 Å². The molecular formula is C17H28CaN2O7. The molecule has 0 bridgehead atoms. The zero-order valence-electron chi connectivity index (χ0n) is 16.2. The Balaban J connectivity index is 0. The first-order chi connectivity index (χ1) is 12.0. The van der Waals surface area contributed by atoms with E-state index in [1.165, 1.54) is 30.6 Å². The maximum Gasteiger partial charge on any atom is 2.00 e. The number of carbonyl (C=O) groups excluding carboxylic acids is 2. The van der Waals surface area contributed by atoms with Crippen LogP contribution in [0.15, 0.2) is 12.7 Å². The molecule has 0 aliphatic rings. The van der Waals surface area contributed by atoms with Crippen LogP contribution in [-0.4, -0.2) is 120 Å². The molecule has 0 aromatic heterocycles. The van der Waals surface area contributed by atoms with Crippen molar-refractivity contribution in [2.45, 2.75) is 57.8 Å². The summed E-state index contributed by atoms with van der Waals surface area (Å²) in [4.78, 5) is 36.2. The van der Waals surface area contributed by atoms with E-state index >= 15 is 0 Å². The van der Waals surface area contributed by atoms with E-state index in [2.05, 4.69) is 6.58 Å². The van der Waals surface area contributed by atoms with Crippen LogP contribution >= 0.6 is 0 Å². The van der Waals surface area contributed by atoms with E-state index in [4.69, 9.17) is 5.11 Å². The molecule has 2 N–H and O–H groups in total. The third kappa shape index (κ3) is 10.4. The summed E-state index contributed by atoms with van der Waals surface area (Å²) < 4.78 is 0. The fourth-order valence-electron chi connectivity index (χ4n) is 2.51. The number of nitrogens with zero attached hydrogens (tertiary/aromatic N) is 2. The fourth-order valence-corrected chi connectivity index (χ4v) is 2.51. The minimum atomic E-state index is -1.43. The first-order valence-corrected chi connectivity index (χ1v) is 8.46. The molecule has 0 heterocycles. The van der Waals surface area contributed by atoms with Gasteiger partial charge < -0.3 is 30.0 Å². The van der Waals surface area contributed by atoms with E-state index in [1.54, 1.807) is 6.08 Å². The minimum absolute atomic E-state index is 0. The van der Waals surface area contributed by atoms with Gasteiger partial charge in [-0.05, 0) is 33.6 Å². The molecule has 0 aromatic carbocycles. The molecule has 4 atom stereocenters. The fraction of sp³-hybridized carbons (Fsp3) is 0.706. The average Bonchev–Trinajstić information content (AvgIpc) is 2.57. The summed E-state index contributed by atoms with van der Waals surface area (Å²) in [6.07, 6.45) is 1.77. The molecule has 0 saturated carbocycles. The minimum Gasteiger partial charge on any atom is -0.548 e. The maximum atomic E-state index is 11.2. The van der Waals surface area contributed by atoms with Crippen molar-refractivity contribution in [3.8, 4) is 0 Å². The monoisotopic (exact) mass is 412 g/mol. The van der Waals surface area contributed by atoms with Crippen LogP contribution in [0.2, 0.25) is 0 Å². The Labute approximate surface area is 189 Å². The van der Waals surface area contributed by atoms with E-state index in [0.717, 1.165) is 0 Å². The van der Waals surface area contributed by atoms with Crippen molar-refractivity contribution in [2.75, 3.05) is 19.6 Å². The van der Waals surface area contributed by atoms with Crippen LogP contribution in [0.4, 0.5) is 0 Å². The molecule has 0 amide bonds. The van der Waals surface area contributed by atoms with Crippen molar-refractivity contribution in [3.05, 3.63) is 12.7 Å². The van der Waals surface area contributed by atoms with Crippen LogP contribution < -0.4 is 10.2 Å². The van der Waals surface area contributed by atoms with E-state index in [1.807, 2.05) is 0 Å². The van der Waals surface area contributed by atoms with Gasteiger partial charge in [0.25, 0.3) is 0 Å². The van der Waals surface area contributed by atoms with Crippen LogP contribution in [0.5, 0.6) is 0 Å². The quantitative estimate of drug-likeness (QED) is 0.230. The molecule has 0 spiro atoms. The van der Waals surface area contributed by atoms with Crippen molar-refractivity contribution in [1.82, 2.24) is 9.80 Å². The van der Waals surface area contributed by atoms with Gasteiger partial charge in [-0.1, -0.05) is 6.08 Å². The van der Waals surface area contributed by atoms with Crippen LogP contribution in [0.3, 0.4) is 0 Å². The molecule has 0 radical (unpaired) electrons. The average molecular weight is 412 g/mol. The molecule has 0 aromatic rings. The van der Waals surface area contributed by atoms with Crippen LogP contribution in [0.25, 0.3) is 0 Å².